The molecule has 2 heterocycles. The Labute approximate surface area is 128 Å². The molecule has 0 aromatic carbocycles. The third kappa shape index (κ3) is 3.92. The molecule has 0 radical (unpaired) electrons. The maximum atomic E-state index is 12.1. The quantitative estimate of drug-likeness (QED) is 0.805. The van der Waals surface area contributed by atoms with Crippen LogP contribution in [0.5, 0.6) is 0 Å². The number of imidazole rings is 1. The predicted molar refractivity (Wildman–Crippen MR) is 82.2 cm³/mol. The first kappa shape index (κ1) is 15.7. The second-order valence-corrected chi connectivity index (χ2v) is 7.22. The van der Waals surface area contributed by atoms with Crippen LogP contribution >= 0.6 is 11.3 Å². The van der Waals surface area contributed by atoms with Crippen molar-refractivity contribution >= 4 is 21.4 Å². The fraction of sp³-hybridized carbons (Fsp3) is 0.308. The van der Waals surface area contributed by atoms with Gasteiger partial charge in [-0.25, -0.2) is 18.1 Å². The molecule has 0 saturated carbocycles. The summed E-state index contributed by atoms with van der Waals surface area (Å²) in [5.74, 6) is 6.32. The van der Waals surface area contributed by atoms with Crippen molar-refractivity contribution in [1.29, 1.82) is 0 Å². The minimum atomic E-state index is -3.60. The van der Waals surface area contributed by atoms with Crippen LogP contribution in [0.3, 0.4) is 0 Å². The number of nitrogens with zero attached hydrogens (tertiary/aromatic N) is 2. The van der Waals surface area contributed by atoms with Gasteiger partial charge in [0.1, 0.15) is 5.82 Å². The van der Waals surface area contributed by atoms with Crippen LogP contribution in [-0.4, -0.2) is 24.5 Å². The summed E-state index contributed by atoms with van der Waals surface area (Å²) in [7, 11) is -1.85. The van der Waals surface area contributed by atoms with E-state index in [0.29, 0.717) is 12.4 Å². The van der Waals surface area contributed by atoms with Crippen molar-refractivity contribution in [2.24, 2.45) is 12.8 Å². The van der Waals surface area contributed by atoms with Gasteiger partial charge in [-0.3, -0.25) is 0 Å². The first-order valence-corrected chi connectivity index (χ1v) is 8.49. The van der Waals surface area contributed by atoms with Crippen molar-refractivity contribution in [2.45, 2.75) is 18.5 Å². The molecule has 0 aliphatic carbocycles. The van der Waals surface area contributed by atoms with Crippen molar-refractivity contribution in [1.82, 2.24) is 14.3 Å². The third-order valence-corrected chi connectivity index (χ3v) is 5.05. The van der Waals surface area contributed by atoms with E-state index in [0.717, 1.165) is 9.75 Å². The fourth-order valence-electron chi connectivity index (χ4n) is 1.57. The van der Waals surface area contributed by atoms with Crippen LogP contribution in [0, 0.1) is 18.8 Å². The van der Waals surface area contributed by atoms with Crippen LogP contribution in [0.15, 0.2) is 23.4 Å². The zero-order chi connectivity index (χ0) is 15.5. The summed E-state index contributed by atoms with van der Waals surface area (Å²) in [4.78, 5) is 5.77. The molecule has 0 aliphatic rings. The molecule has 0 atom stereocenters. The van der Waals surface area contributed by atoms with Crippen LogP contribution in [0.4, 0.5) is 0 Å². The number of thiophene rings is 1. The van der Waals surface area contributed by atoms with E-state index in [1.807, 2.05) is 12.1 Å². The van der Waals surface area contributed by atoms with Gasteiger partial charge in [0, 0.05) is 24.7 Å². The van der Waals surface area contributed by atoms with Crippen molar-refractivity contribution in [3.63, 3.8) is 0 Å². The number of nitrogens with two attached hydrogens (primary N) is 1. The molecule has 21 heavy (non-hydrogen) atoms. The summed E-state index contributed by atoms with van der Waals surface area (Å²) in [5, 5.41) is 0.0298. The van der Waals surface area contributed by atoms with Crippen molar-refractivity contribution in [3.8, 4) is 11.8 Å². The number of sulfonamides is 1. The minimum absolute atomic E-state index is 0.0298. The number of aromatic nitrogens is 2. The lowest BCUT2D eigenvalue weighted by Gasteiger charge is -2.01. The molecule has 0 fully saturated rings. The van der Waals surface area contributed by atoms with Crippen molar-refractivity contribution in [3.05, 3.63) is 33.9 Å². The SMILES string of the molecule is Cc1nc(S(=O)(=O)NCc2ccc(C#CCN)s2)cn1C. The summed E-state index contributed by atoms with van der Waals surface area (Å²) in [6, 6.07) is 3.69. The van der Waals surface area contributed by atoms with Gasteiger partial charge in [0.05, 0.1) is 11.4 Å². The van der Waals surface area contributed by atoms with E-state index in [2.05, 4.69) is 21.5 Å². The minimum Gasteiger partial charge on any atom is -0.337 e. The number of hydrogen-bond acceptors (Lipinski definition) is 5. The predicted octanol–water partition coefficient (Wildman–Crippen LogP) is 0.579. The van der Waals surface area contributed by atoms with Crippen molar-refractivity contribution < 1.29 is 8.42 Å². The first-order valence-electron chi connectivity index (χ1n) is 6.19. The first-order chi connectivity index (χ1) is 9.92. The highest BCUT2D eigenvalue weighted by molar-refractivity contribution is 7.89. The molecule has 112 valence electrons. The highest BCUT2D eigenvalue weighted by Crippen LogP contribution is 2.16. The lowest BCUT2D eigenvalue weighted by Crippen LogP contribution is -2.23. The molecule has 0 unspecified atom stereocenters. The molecule has 0 bridgehead atoms. The van der Waals surface area contributed by atoms with E-state index in [1.165, 1.54) is 17.5 Å². The third-order valence-electron chi connectivity index (χ3n) is 2.77. The second-order valence-electron chi connectivity index (χ2n) is 4.33. The van der Waals surface area contributed by atoms with Gasteiger partial charge in [0.2, 0.25) is 0 Å². The Morgan fingerprint density at radius 3 is 2.86 bits per heavy atom. The molecule has 6 nitrogen and oxygen atoms in total. The largest absolute Gasteiger partial charge is 0.337 e. The summed E-state index contributed by atoms with van der Waals surface area (Å²) < 4.78 is 28.4. The van der Waals surface area contributed by atoms with Crippen LogP contribution in [0.2, 0.25) is 0 Å². The van der Waals surface area contributed by atoms with Gasteiger partial charge in [0.15, 0.2) is 5.03 Å². The highest BCUT2D eigenvalue weighted by atomic mass is 32.2. The monoisotopic (exact) mass is 324 g/mol. The second kappa shape index (κ2) is 6.41. The number of nitrogens with one attached hydrogen (secondary N) is 1. The average molecular weight is 324 g/mol. The fourth-order valence-corrected chi connectivity index (χ4v) is 3.53. The number of aryl methyl sites for hydroxylation is 2. The Bertz CT molecular complexity index is 774. The standard InChI is InChI=1S/C13H16N4O2S2/c1-10-16-13(9-17(10)2)21(18,19)15-8-12-6-5-11(20-12)4-3-7-14/h5-6,9,15H,7-8,14H2,1-2H3. The van der Waals surface area contributed by atoms with Crippen LogP contribution in [-0.2, 0) is 23.6 Å². The van der Waals surface area contributed by atoms with E-state index < -0.39 is 10.0 Å². The molecule has 0 amide bonds. The normalized spacial score (nSPS) is 11.2. The number of hydrogen-bond donors (Lipinski definition) is 2. The number of rotatable bonds is 4. The Kier molecular flexibility index (Phi) is 4.80. The average Bonchev–Trinajstić information content (AvgIpc) is 3.02. The summed E-state index contributed by atoms with van der Waals surface area (Å²) in [6.45, 7) is 2.27. The molecular weight excluding hydrogens is 308 g/mol. The van der Waals surface area contributed by atoms with E-state index >= 15 is 0 Å². The van der Waals surface area contributed by atoms with Gasteiger partial charge >= 0.3 is 0 Å². The van der Waals surface area contributed by atoms with Crippen LogP contribution in [0.25, 0.3) is 0 Å². The van der Waals surface area contributed by atoms with E-state index in [9.17, 15) is 8.42 Å². The topological polar surface area (TPSA) is 90.0 Å². The van der Waals surface area contributed by atoms with Crippen LogP contribution < -0.4 is 10.5 Å². The molecule has 2 aromatic heterocycles. The molecule has 0 saturated heterocycles. The maximum absolute atomic E-state index is 12.1. The Morgan fingerprint density at radius 2 is 2.24 bits per heavy atom. The Hall–Kier alpha value is -1.66. The van der Waals surface area contributed by atoms with Crippen molar-refractivity contribution in [2.75, 3.05) is 6.54 Å². The van der Waals surface area contributed by atoms with E-state index in [1.54, 1.807) is 18.5 Å². The molecule has 0 aliphatic heterocycles. The summed E-state index contributed by atoms with van der Waals surface area (Å²) in [5.41, 5.74) is 5.31. The maximum Gasteiger partial charge on any atom is 0.259 e. The zero-order valence-electron chi connectivity index (χ0n) is 11.8. The van der Waals surface area contributed by atoms with Gasteiger partial charge in [-0.1, -0.05) is 11.8 Å². The Morgan fingerprint density at radius 1 is 1.48 bits per heavy atom. The van der Waals surface area contributed by atoms with Crippen LogP contribution in [0.1, 0.15) is 15.6 Å². The molecule has 8 heteroatoms. The van der Waals surface area contributed by atoms with E-state index in [4.69, 9.17) is 5.73 Å². The summed E-state index contributed by atoms with van der Waals surface area (Å²) >= 11 is 1.44. The lowest BCUT2D eigenvalue weighted by atomic mass is 10.4. The van der Waals surface area contributed by atoms with E-state index in [-0.39, 0.29) is 11.6 Å². The zero-order valence-corrected chi connectivity index (χ0v) is 13.4. The molecule has 2 aromatic rings. The van der Waals surface area contributed by atoms with Gasteiger partial charge in [-0.05, 0) is 19.1 Å². The molecule has 3 N–H and O–H groups in total. The van der Waals surface area contributed by atoms with Gasteiger partial charge in [0.25, 0.3) is 10.0 Å². The molecule has 2 rings (SSSR count). The smallest absolute Gasteiger partial charge is 0.259 e. The van der Waals surface area contributed by atoms with Gasteiger partial charge in [-0.2, -0.15) is 0 Å². The molecular formula is C13H16N4O2S2. The van der Waals surface area contributed by atoms with Gasteiger partial charge < -0.3 is 10.3 Å². The molecule has 0 spiro atoms. The highest BCUT2D eigenvalue weighted by Gasteiger charge is 2.18. The summed E-state index contributed by atoms with van der Waals surface area (Å²) in [6.07, 6.45) is 1.49. The van der Waals surface area contributed by atoms with Gasteiger partial charge in [-0.15, -0.1) is 11.3 Å². The Balaban J connectivity index is 2.06. The lowest BCUT2D eigenvalue weighted by molar-refractivity contribution is 0.578.